The number of aromatic nitrogens is 2. The van der Waals surface area contributed by atoms with Gasteiger partial charge >= 0.3 is 6.18 Å². The molecule has 26 heavy (non-hydrogen) atoms. The Kier molecular flexibility index (Phi) is 4.58. The molecule has 136 valence electrons. The number of hydrogen-bond acceptors (Lipinski definition) is 3. The number of ether oxygens (including phenoxy) is 1. The van der Waals surface area contributed by atoms with Gasteiger partial charge in [0.05, 0.1) is 7.11 Å². The lowest BCUT2D eigenvalue weighted by molar-refractivity contribution is -0.155. The highest BCUT2D eigenvalue weighted by atomic mass is 19.4. The molecule has 1 atom stereocenters. The molecule has 1 aromatic carbocycles. The van der Waals surface area contributed by atoms with Crippen molar-refractivity contribution in [2.75, 3.05) is 7.11 Å². The van der Waals surface area contributed by atoms with Crippen LogP contribution in [0.25, 0.3) is 10.9 Å². The highest BCUT2D eigenvalue weighted by Crippen LogP contribution is 2.33. The van der Waals surface area contributed by atoms with Gasteiger partial charge in [-0.25, -0.2) is 0 Å². The zero-order chi connectivity index (χ0) is 18.9. The van der Waals surface area contributed by atoms with Crippen LogP contribution in [-0.2, 0) is 7.05 Å². The van der Waals surface area contributed by atoms with Crippen LogP contribution in [0.3, 0.4) is 0 Å². The molecule has 0 unspecified atom stereocenters. The molecular formula is C18H16F3N3O2. The number of alkyl halides is 3. The molecule has 2 aromatic heterocycles. The number of methoxy groups -OCH3 is 1. The molecule has 8 heteroatoms. The first-order valence-electron chi connectivity index (χ1n) is 7.72. The lowest BCUT2D eigenvalue weighted by Crippen LogP contribution is -2.38. The van der Waals surface area contributed by atoms with Crippen LogP contribution < -0.4 is 10.1 Å². The summed E-state index contributed by atoms with van der Waals surface area (Å²) in [5.74, 6) is -0.229. The van der Waals surface area contributed by atoms with Gasteiger partial charge in [0.25, 0.3) is 5.91 Å². The topological polar surface area (TPSA) is 56.1 Å². The SMILES string of the molecule is COc1ccc2c(c1)cc(C(=O)N[C@@H](c1cccnc1)C(F)(F)F)n2C. The van der Waals surface area contributed by atoms with E-state index in [1.54, 1.807) is 29.8 Å². The number of pyridine rings is 1. The lowest BCUT2D eigenvalue weighted by Gasteiger charge is -2.21. The summed E-state index contributed by atoms with van der Waals surface area (Å²) in [7, 11) is 3.13. The number of amides is 1. The van der Waals surface area contributed by atoms with E-state index in [1.165, 1.54) is 31.5 Å². The molecule has 1 N–H and O–H groups in total. The van der Waals surface area contributed by atoms with Crippen molar-refractivity contribution in [1.82, 2.24) is 14.9 Å². The molecule has 0 aliphatic heterocycles. The molecule has 0 saturated heterocycles. The second-order valence-electron chi connectivity index (χ2n) is 5.75. The number of carbonyl (C=O) groups excluding carboxylic acids is 1. The summed E-state index contributed by atoms with van der Waals surface area (Å²) in [6.45, 7) is 0. The minimum absolute atomic E-state index is 0.117. The second-order valence-corrected chi connectivity index (χ2v) is 5.75. The minimum atomic E-state index is -4.65. The molecule has 0 spiro atoms. The van der Waals surface area contributed by atoms with E-state index in [9.17, 15) is 18.0 Å². The standard InChI is InChI=1S/C18H16F3N3O2/c1-24-14-6-5-13(26-2)8-12(14)9-15(24)17(25)23-16(18(19,20)21)11-4-3-7-22-10-11/h3-10,16H,1-2H3,(H,23,25)/t16-/m0/s1. The molecule has 3 rings (SSSR count). The van der Waals surface area contributed by atoms with E-state index in [-0.39, 0.29) is 11.3 Å². The van der Waals surface area contributed by atoms with Gasteiger partial charge < -0.3 is 14.6 Å². The number of fused-ring (bicyclic) bond motifs is 1. The molecule has 0 aliphatic rings. The number of nitrogens with zero attached hydrogens (tertiary/aromatic N) is 2. The number of carbonyl (C=O) groups is 1. The number of rotatable bonds is 4. The van der Waals surface area contributed by atoms with Gasteiger partial charge in [-0.2, -0.15) is 13.2 Å². The third-order valence-corrected chi connectivity index (χ3v) is 4.10. The molecule has 2 heterocycles. The third-order valence-electron chi connectivity index (χ3n) is 4.10. The lowest BCUT2D eigenvalue weighted by atomic mass is 10.1. The van der Waals surface area contributed by atoms with Crippen molar-refractivity contribution in [3.63, 3.8) is 0 Å². The maximum absolute atomic E-state index is 13.4. The van der Waals surface area contributed by atoms with Crippen LogP contribution in [0.4, 0.5) is 13.2 Å². The first-order valence-corrected chi connectivity index (χ1v) is 7.72. The zero-order valence-corrected chi connectivity index (χ0v) is 14.0. The second kappa shape index (κ2) is 6.70. The van der Waals surface area contributed by atoms with Gasteiger partial charge in [-0.15, -0.1) is 0 Å². The number of hydrogen-bond donors (Lipinski definition) is 1. The van der Waals surface area contributed by atoms with Crippen molar-refractivity contribution in [1.29, 1.82) is 0 Å². The number of benzene rings is 1. The van der Waals surface area contributed by atoms with E-state index in [0.717, 1.165) is 6.20 Å². The quantitative estimate of drug-likeness (QED) is 0.770. The summed E-state index contributed by atoms with van der Waals surface area (Å²) in [4.78, 5) is 16.2. The minimum Gasteiger partial charge on any atom is -0.497 e. The summed E-state index contributed by atoms with van der Waals surface area (Å²) in [5.41, 5.74) is 0.695. The van der Waals surface area contributed by atoms with Gasteiger partial charge in [-0.05, 0) is 30.3 Å². The van der Waals surface area contributed by atoms with E-state index in [4.69, 9.17) is 4.74 Å². The Balaban J connectivity index is 1.95. The molecule has 0 aliphatic carbocycles. The maximum atomic E-state index is 13.4. The number of aryl methyl sites for hydroxylation is 1. The summed E-state index contributed by atoms with van der Waals surface area (Å²) >= 11 is 0. The molecule has 1 amide bonds. The summed E-state index contributed by atoms with van der Waals surface area (Å²) in [6.07, 6.45) is -2.19. The summed E-state index contributed by atoms with van der Waals surface area (Å²) in [5, 5.41) is 2.76. The Morgan fingerprint density at radius 2 is 2.04 bits per heavy atom. The number of nitrogens with one attached hydrogen (secondary N) is 1. The van der Waals surface area contributed by atoms with E-state index < -0.39 is 18.1 Å². The first-order chi connectivity index (χ1) is 12.3. The fourth-order valence-electron chi connectivity index (χ4n) is 2.78. The summed E-state index contributed by atoms with van der Waals surface area (Å²) in [6, 6.07) is 7.24. The fourth-order valence-corrected chi connectivity index (χ4v) is 2.78. The van der Waals surface area contributed by atoms with Crippen LogP contribution in [0.2, 0.25) is 0 Å². The molecule has 3 aromatic rings. The van der Waals surface area contributed by atoms with Crippen LogP contribution in [0.15, 0.2) is 48.8 Å². The molecule has 0 saturated carbocycles. The van der Waals surface area contributed by atoms with E-state index in [1.807, 2.05) is 0 Å². The predicted molar refractivity (Wildman–Crippen MR) is 90.0 cm³/mol. The van der Waals surface area contributed by atoms with Gasteiger partial charge in [-0.1, -0.05) is 6.07 Å². The molecule has 0 bridgehead atoms. The molecular weight excluding hydrogens is 347 g/mol. The maximum Gasteiger partial charge on any atom is 0.412 e. The zero-order valence-electron chi connectivity index (χ0n) is 14.0. The van der Waals surface area contributed by atoms with Crippen LogP contribution >= 0.6 is 0 Å². The first kappa shape index (κ1) is 17.8. The Bertz CT molecular complexity index is 936. The molecule has 0 fully saturated rings. The number of halogens is 3. The smallest absolute Gasteiger partial charge is 0.412 e. The van der Waals surface area contributed by atoms with Crippen LogP contribution in [0, 0.1) is 0 Å². The van der Waals surface area contributed by atoms with Crippen LogP contribution in [0.5, 0.6) is 5.75 Å². The highest BCUT2D eigenvalue weighted by molar-refractivity contribution is 5.99. The van der Waals surface area contributed by atoms with Gasteiger partial charge in [0.1, 0.15) is 11.4 Å². The normalized spacial score (nSPS) is 12.8. The Labute approximate surface area is 147 Å². The van der Waals surface area contributed by atoms with Crippen molar-refractivity contribution in [3.05, 3.63) is 60.0 Å². The largest absolute Gasteiger partial charge is 0.497 e. The van der Waals surface area contributed by atoms with Crippen molar-refractivity contribution in [2.24, 2.45) is 7.05 Å². The van der Waals surface area contributed by atoms with Gasteiger partial charge in [0.2, 0.25) is 0 Å². The van der Waals surface area contributed by atoms with Gasteiger partial charge in [0, 0.05) is 35.9 Å². The molecule has 0 radical (unpaired) electrons. The predicted octanol–water partition coefficient (Wildman–Crippen LogP) is 3.62. The van der Waals surface area contributed by atoms with E-state index in [2.05, 4.69) is 10.3 Å². The van der Waals surface area contributed by atoms with Gasteiger partial charge in [0.15, 0.2) is 6.04 Å². The van der Waals surface area contributed by atoms with E-state index >= 15 is 0 Å². The van der Waals surface area contributed by atoms with Crippen LogP contribution in [0.1, 0.15) is 22.1 Å². The average Bonchev–Trinajstić information content (AvgIpc) is 2.95. The Morgan fingerprint density at radius 3 is 2.65 bits per heavy atom. The van der Waals surface area contributed by atoms with E-state index in [0.29, 0.717) is 16.7 Å². The average molecular weight is 363 g/mol. The van der Waals surface area contributed by atoms with Crippen molar-refractivity contribution in [2.45, 2.75) is 12.2 Å². The van der Waals surface area contributed by atoms with Crippen molar-refractivity contribution in [3.8, 4) is 5.75 Å². The third kappa shape index (κ3) is 3.35. The fraction of sp³-hybridized carbons (Fsp3) is 0.222. The monoisotopic (exact) mass is 363 g/mol. The molecule has 5 nitrogen and oxygen atoms in total. The van der Waals surface area contributed by atoms with Crippen molar-refractivity contribution < 1.29 is 22.7 Å². The summed E-state index contributed by atoms with van der Waals surface area (Å²) < 4.78 is 46.9. The van der Waals surface area contributed by atoms with Gasteiger partial charge in [-0.3, -0.25) is 9.78 Å². The Hall–Kier alpha value is -3.03. The van der Waals surface area contributed by atoms with Crippen LogP contribution in [-0.4, -0.2) is 28.7 Å². The highest BCUT2D eigenvalue weighted by Gasteiger charge is 2.42. The van der Waals surface area contributed by atoms with Crippen molar-refractivity contribution >= 4 is 16.8 Å². The Morgan fingerprint density at radius 1 is 1.27 bits per heavy atom.